The smallest absolute Gasteiger partial charge is 0.337 e. The SMILES string of the molecule is COCC1(C)Cc2ccc(C(=O)OC)cc2C(N2CCCC2=O)O1. The van der Waals surface area contributed by atoms with E-state index < -0.39 is 17.8 Å². The Morgan fingerprint density at radius 1 is 1.42 bits per heavy atom. The van der Waals surface area contributed by atoms with E-state index in [0.717, 1.165) is 17.5 Å². The van der Waals surface area contributed by atoms with E-state index in [4.69, 9.17) is 14.2 Å². The minimum absolute atomic E-state index is 0.0797. The highest BCUT2D eigenvalue weighted by atomic mass is 16.6. The Morgan fingerprint density at radius 2 is 2.21 bits per heavy atom. The number of methoxy groups -OCH3 is 2. The Bertz CT molecular complexity index is 659. The first kappa shape index (κ1) is 16.9. The van der Waals surface area contributed by atoms with Crippen LogP contribution in [0.2, 0.25) is 0 Å². The molecule has 3 rings (SSSR count). The minimum atomic E-state index is -0.512. The molecule has 0 saturated carbocycles. The van der Waals surface area contributed by atoms with Crippen LogP contribution >= 0.6 is 0 Å². The van der Waals surface area contributed by atoms with Gasteiger partial charge < -0.3 is 19.1 Å². The van der Waals surface area contributed by atoms with Crippen LogP contribution in [0.15, 0.2) is 18.2 Å². The van der Waals surface area contributed by atoms with Crippen LogP contribution in [0, 0.1) is 0 Å². The third-order valence-corrected chi connectivity index (χ3v) is 4.64. The monoisotopic (exact) mass is 333 g/mol. The van der Waals surface area contributed by atoms with Crippen molar-refractivity contribution in [2.45, 2.75) is 38.0 Å². The fourth-order valence-electron chi connectivity index (χ4n) is 3.55. The largest absolute Gasteiger partial charge is 0.465 e. The maximum Gasteiger partial charge on any atom is 0.337 e. The fourth-order valence-corrected chi connectivity index (χ4v) is 3.55. The number of likely N-dealkylation sites (tertiary alicyclic amines) is 1. The van der Waals surface area contributed by atoms with Gasteiger partial charge in [-0.15, -0.1) is 0 Å². The second-order valence-corrected chi connectivity index (χ2v) is 6.63. The molecule has 1 aromatic carbocycles. The number of esters is 1. The highest BCUT2D eigenvalue weighted by Crippen LogP contribution is 2.40. The molecule has 1 amide bonds. The first-order valence-electron chi connectivity index (χ1n) is 8.15. The number of amides is 1. The van der Waals surface area contributed by atoms with Crippen molar-refractivity contribution in [3.63, 3.8) is 0 Å². The number of carbonyl (C=O) groups excluding carboxylic acids is 2. The van der Waals surface area contributed by atoms with Crippen molar-refractivity contribution in [1.29, 1.82) is 0 Å². The molecule has 0 aliphatic carbocycles. The van der Waals surface area contributed by atoms with Crippen LogP contribution in [0.25, 0.3) is 0 Å². The van der Waals surface area contributed by atoms with Crippen LogP contribution in [0.1, 0.15) is 47.5 Å². The second-order valence-electron chi connectivity index (χ2n) is 6.63. The molecule has 130 valence electrons. The Morgan fingerprint density at radius 3 is 2.83 bits per heavy atom. The molecule has 1 aromatic rings. The van der Waals surface area contributed by atoms with Crippen LogP contribution in [-0.2, 0) is 25.4 Å². The number of fused-ring (bicyclic) bond motifs is 1. The average Bonchev–Trinajstić information content (AvgIpc) is 2.99. The van der Waals surface area contributed by atoms with E-state index in [1.807, 2.05) is 13.0 Å². The van der Waals surface area contributed by atoms with Crippen LogP contribution in [-0.4, -0.2) is 49.7 Å². The molecule has 0 bridgehead atoms. The van der Waals surface area contributed by atoms with Gasteiger partial charge in [-0.3, -0.25) is 4.79 Å². The van der Waals surface area contributed by atoms with Gasteiger partial charge in [-0.1, -0.05) is 6.07 Å². The quantitative estimate of drug-likeness (QED) is 0.789. The summed E-state index contributed by atoms with van der Waals surface area (Å²) in [5.74, 6) is -0.314. The van der Waals surface area contributed by atoms with E-state index in [1.54, 1.807) is 24.1 Å². The molecule has 6 nitrogen and oxygen atoms in total. The fraction of sp³-hybridized carbons (Fsp3) is 0.556. The zero-order valence-electron chi connectivity index (χ0n) is 14.3. The van der Waals surface area contributed by atoms with Gasteiger partial charge >= 0.3 is 5.97 Å². The summed E-state index contributed by atoms with van der Waals surface area (Å²) < 4.78 is 16.4. The third kappa shape index (κ3) is 3.03. The molecule has 2 heterocycles. The summed E-state index contributed by atoms with van der Waals surface area (Å²) in [6.07, 6.45) is 1.53. The molecule has 0 aromatic heterocycles. The summed E-state index contributed by atoms with van der Waals surface area (Å²) in [7, 11) is 3.00. The summed E-state index contributed by atoms with van der Waals surface area (Å²) in [5.41, 5.74) is 1.88. The summed E-state index contributed by atoms with van der Waals surface area (Å²) >= 11 is 0. The van der Waals surface area contributed by atoms with Gasteiger partial charge in [-0.25, -0.2) is 4.79 Å². The van der Waals surface area contributed by atoms with Crippen molar-refractivity contribution in [3.8, 4) is 0 Å². The highest BCUT2D eigenvalue weighted by Gasteiger charge is 2.41. The lowest BCUT2D eigenvalue weighted by molar-refractivity contribution is -0.183. The number of rotatable bonds is 4. The zero-order valence-corrected chi connectivity index (χ0v) is 14.3. The van der Waals surface area contributed by atoms with E-state index >= 15 is 0 Å². The zero-order chi connectivity index (χ0) is 17.3. The highest BCUT2D eigenvalue weighted by molar-refractivity contribution is 5.89. The average molecular weight is 333 g/mol. The van der Waals surface area contributed by atoms with Crippen molar-refractivity contribution in [2.75, 3.05) is 27.4 Å². The van der Waals surface area contributed by atoms with Crippen LogP contribution in [0.5, 0.6) is 0 Å². The number of hydrogen-bond acceptors (Lipinski definition) is 5. The predicted octanol–water partition coefficient (Wildman–Crippen LogP) is 2.07. The van der Waals surface area contributed by atoms with Crippen LogP contribution in [0.3, 0.4) is 0 Å². The molecule has 2 aliphatic rings. The van der Waals surface area contributed by atoms with Crippen molar-refractivity contribution in [2.24, 2.45) is 0 Å². The van der Waals surface area contributed by atoms with Crippen molar-refractivity contribution < 1.29 is 23.8 Å². The molecule has 2 unspecified atom stereocenters. The summed E-state index contributed by atoms with van der Waals surface area (Å²) in [5, 5.41) is 0. The van der Waals surface area contributed by atoms with Gasteiger partial charge in [0, 0.05) is 32.1 Å². The predicted molar refractivity (Wildman–Crippen MR) is 86.5 cm³/mol. The Balaban J connectivity index is 2.03. The van der Waals surface area contributed by atoms with Crippen molar-refractivity contribution >= 4 is 11.9 Å². The topological polar surface area (TPSA) is 65.1 Å². The van der Waals surface area contributed by atoms with E-state index in [-0.39, 0.29) is 5.91 Å². The first-order valence-corrected chi connectivity index (χ1v) is 8.15. The number of hydrogen-bond donors (Lipinski definition) is 0. The minimum Gasteiger partial charge on any atom is -0.465 e. The van der Waals surface area contributed by atoms with Crippen LogP contribution < -0.4 is 0 Å². The number of ether oxygens (including phenoxy) is 3. The third-order valence-electron chi connectivity index (χ3n) is 4.64. The molecule has 0 N–H and O–H groups in total. The normalized spacial score (nSPS) is 26.4. The van der Waals surface area contributed by atoms with Gasteiger partial charge in [-0.2, -0.15) is 0 Å². The maximum atomic E-state index is 12.3. The van der Waals surface area contributed by atoms with Gasteiger partial charge in [-0.05, 0) is 31.0 Å². The molecule has 1 fully saturated rings. The standard InChI is InChI=1S/C18H23NO5/c1-18(11-22-2)10-13-7-6-12(17(21)23-3)9-14(13)16(24-18)19-8-4-5-15(19)20/h6-7,9,16H,4-5,8,10-11H2,1-3H3. The van der Waals surface area contributed by atoms with E-state index in [2.05, 4.69) is 0 Å². The lowest BCUT2D eigenvalue weighted by Crippen LogP contribution is -2.47. The summed E-state index contributed by atoms with van der Waals surface area (Å²) in [6, 6.07) is 5.46. The summed E-state index contributed by atoms with van der Waals surface area (Å²) in [6.45, 7) is 3.08. The molecule has 0 radical (unpaired) electrons. The Hall–Kier alpha value is -1.92. The van der Waals surface area contributed by atoms with Gasteiger partial charge in [0.2, 0.25) is 5.91 Å². The van der Waals surface area contributed by atoms with Gasteiger partial charge in [0.25, 0.3) is 0 Å². The molecule has 2 aliphatic heterocycles. The van der Waals surface area contributed by atoms with Crippen molar-refractivity contribution in [3.05, 3.63) is 34.9 Å². The Kier molecular flexibility index (Phi) is 4.60. The summed E-state index contributed by atoms with van der Waals surface area (Å²) in [4.78, 5) is 25.9. The van der Waals surface area contributed by atoms with E-state index in [9.17, 15) is 9.59 Å². The number of benzene rings is 1. The van der Waals surface area contributed by atoms with Gasteiger partial charge in [0.15, 0.2) is 6.23 Å². The molecule has 1 saturated heterocycles. The molecular weight excluding hydrogens is 310 g/mol. The van der Waals surface area contributed by atoms with Crippen LogP contribution in [0.4, 0.5) is 0 Å². The second kappa shape index (κ2) is 6.53. The first-order chi connectivity index (χ1) is 11.5. The molecular formula is C18H23NO5. The van der Waals surface area contributed by atoms with Gasteiger partial charge in [0.1, 0.15) is 0 Å². The van der Waals surface area contributed by atoms with Crippen molar-refractivity contribution in [1.82, 2.24) is 4.90 Å². The van der Waals surface area contributed by atoms with Gasteiger partial charge in [0.05, 0.1) is 24.9 Å². The lowest BCUT2D eigenvalue weighted by atomic mass is 9.88. The number of nitrogens with zero attached hydrogens (tertiary/aromatic N) is 1. The molecule has 0 spiro atoms. The van der Waals surface area contributed by atoms with E-state index in [1.165, 1.54) is 7.11 Å². The lowest BCUT2D eigenvalue weighted by Gasteiger charge is -2.43. The Labute approximate surface area is 141 Å². The maximum absolute atomic E-state index is 12.3. The number of carbonyl (C=O) groups is 2. The molecule has 6 heteroatoms. The molecule has 2 atom stereocenters. The molecule has 24 heavy (non-hydrogen) atoms. The van der Waals surface area contributed by atoms with E-state index in [0.29, 0.717) is 31.6 Å².